The first-order valence-corrected chi connectivity index (χ1v) is 9.56. The van der Waals surface area contributed by atoms with Gasteiger partial charge in [-0.3, -0.25) is 9.69 Å². The highest BCUT2D eigenvalue weighted by Crippen LogP contribution is 2.30. The molecule has 1 aromatic carbocycles. The van der Waals surface area contributed by atoms with Crippen LogP contribution in [0, 0.1) is 0 Å². The smallest absolute Gasteiger partial charge is 0.226 e. The molecule has 2 heterocycles. The number of fused-ring (bicyclic) bond motifs is 1. The number of carbonyl (C=O) groups is 1. The maximum absolute atomic E-state index is 12.3. The van der Waals surface area contributed by atoms with Crippen LogP contribution in [0.5, 0.6) is 0 Å². The Kier molecular flexibility index (Phi) is 5.90. The highest BCUT2D eigenvalue weighted by atomic mass is 16.2. The molecule has 2 aliphatic heterocycles. The number of carbonyl (C=O) groups excluding carboxylic acids is 1. The lowest BCUT2D eigenvalue weighted by Crippen LogP contribution is -2.48. The summed E-state index contributed by atoms with van der Waals surface area (Å²) < 4.78 is 0. The zero-order valence-electron chi connectivity index (χ0n) is 15.2. The van der Waals surface area contributed by atoms with Crippen molar-refractivity contribution in [3.05, 3.63) is 29.3 Å². The van der Waals surface area contributed by atoms with Crippen molar-refractivity contribution in [2.45, 2.75) is 52.0 Å². The average Bonchev–Trinajstić information content (AvgIpc) is 3.03. The van der Waals surface area contributed by atoms with E-state index >= 15 is 0 Å². The largest absolute Gasteiger partial charge is 0.314 e. The number of hydrogen-bond acceptors (Lipinski definition) is 3. The molecule has 0 saturated carbocycles. The lowest BCUT2D eigenvalue weighted by atomic mass is 10.0. The number of hydrogen-bond donors (Lipinski definition) is 1. The Bertz CT molecular complexity index is 566. The zero-order chi connectivity index (χ0) is 16.9. The van der Waals surface area contributed by atoms with E-state index in [1.807, 2.05) is 4.90 Å². The van der Waals surface area contributed by atoms with Crippen molar-refractivity contribution in [3.8, 4) is 0 Å². The monoisotopic (exact) mass is 329 g/mol. The van der Waals surface area contributed by atoms with E-state index in [1.165, 1.54) is 11.1 Å². The number of unbranched alkanes of at least 4 members (excludes halogenated alkanes) is 1. The molecule has 1 unspecified atom stereocenters. The van der Waals surface area contributed by atoms with E-state index in [4.69, 9.17) is 0 Å². The van der Waals surface area contributed by atoms with Crippen LogP contribution in [0.25, 0.3) is 0 Å². The Balaban J connectivity index is 1.63. The molecule has 1 N–H and O–H groups in total. The number of amides is 1. The summed E-state index contributed by atoms with van der Waals surface area (Å²) in [7, 11) is 0. The van der Waals surface area contributed by atoms with Gasteiger partial charge in [-0.15, -0.1) is 0 Å². The molecule has 3 rings (SSSR count). The van der Waals surface area contributed by atoms with Crippen molar-refractivity contribution in [1.82, 2.24) is 10.2 Å². The van der Waals surface area contributed by atoms with Crippen LogP contribution < -0.4 is 10.2 Å². The van der Waals surface area contributed by atoms with Gasteiger partial charge in [0, 0.05) is 50.9 Å². The molecule has 1 saturated heterocycles. The Morgan fingerprint density at radius 3 is 2.79 bits per heavy atom. The van der Waals surface area contributed by atoms with Gasteiger partial charge in [0.15, 0.2) is 0 Å². The maximum atomic E-state index is 12.3. The summed E-state index contributed by atoms with van der Waals surface area (Å²) in [5, 5.41) is 3.42. The second-order valence-electron chi connectivity index (χ2n) is 7.20. The minimum absolute atomic E-state index is 0.289. The Morgan fingerprint density at radius 1 is 1.25 bits per heavy atom. The summed E-state index contributed by atoms with van der Waals surface area (Å²) in [6.45, 7) is 9.81. The van der Waals surface area contributed by atoms with Gasteiger partial charge in [-0.25, -0.2) is 0 Å². The number of anilines is 1. The summed E-state index contributed by atoms with van der Waals surface area (Å²) in [5.41, 5.74) is 3.90. The van der Waals surface area contributed by atoms with E-state index in [2.05, 4.69) is 42.3 Å². The van der Waals surface area contributed by atoms with Crippen LogP contribution in [-0.4, -0.2) is 49.6 Å². The SMILES string of the molecule is CCCCC(=O)N1CCc2cc(CC(C)N3CCNCC3)ccc21. The molecule has 1 amide bonds. The molecular weight excluding hydrogens is 298 g/mol. The van der Waals surface area contributed by atoms with E-state index < -0.39 is 0 Å². The third kappa shape index (κ3) is 3.98. The Hall–Kier alpha value is -1.39. The van der Waals surface area contributed by atoms with Crippen LogP contribution in [0.2, 0.25) is 0 Å². The molecule has 1 aromatic rings. The summed E-state index contributed by atoms with van der Waals surface area (Å²) in [6.07, 6.45) is 4.85. The molecule has 4 heteroatoms. The molecule has 0 bridgehead atoms. The predicted octanol–water partition coefficient (Wildman–Crippen LogP) is 2.60. The van der Waals surface area contributed by atoms with E-state index in [0.717, 1.165) is 64.1 Å². The number of benzene rings is 1. The molecule has 132 valence electrons. The van der Waals surface area contributed by atoms with Gasteiger partial charge in [0.25, 0.3) is 0 Å². The molecule has 1 atom stereocenters. The molecule has 24 heavy (non-hydrogen) atoms. The standard InChI is InChI=1S/C20H31N3O/c1-3-4-5-20(24)23-11-8-18-15-17(6-7-19(18)23)14-16(2)22-12-9-21-10-13-22/h6-7,15-16,21H,3-5,8-14H2,1-2H3. The quantitative estimate of drug-likeness (QED) is 0.871. The van der Waals surface area contributed by atoms with Gasteiger partial charge in [-0.1, -0.05) is 25.5 Å². The van der Waals surface area contributed by atoms with E-state index in [1.54, 1.807) is 0 Å². The van der Waals surface area contributed by atoms with Gasteiger partial charge in [0.2, 0.25) is 5.91 Å². The van der Waals surface area contributed by atoms with Crippen LogP contribution in [0.15, 0.2) is 18.2 Å². The van der Waals surface area contributed by atoms with Crippen molar-refractivity contribution < 1.29 is 4.79 Å². The van der Waals surface area contributed by atoms with E-state index in [9.17, 15) is 4.79 Å². The number of piperazine rings is 1. The lowest BCUT2D eigenvalue weighted by molar-refractivity contribution is -0.118. The van der Waals surface area contributed by atoms with Gasteiger partial charge in [-0.05, 0) is 43.4 Å². The summed E-state index contributed by atoms with van der Waals surface area (Å²) in [5.74, 6) is 0.289. The Labute approximate surface area is 146 Å². The van der Waals surface area contributed by atoms with Crippen molar-refractivity contribution >= 4 is 11.6 Å². The molecule has 1 fully saturated rings. The van der Waals surface area contributed by atoms with Gasteiger partial charge >= 0.3 is 0 Å². The van der Waals surface area contributed by atoms with Crippen LogP contribution in [-0.2, 0) is 17.6 Å². The molecule has 0 spiro atoms. The van der Waals surface area contributed by atoms with Gasteiger partial charge in [0.05, 0.1) is 0 Å². The summed E-state index contributed by atoms with van der Waals surface area (Å²) >= 11 is 0. The van der Waals surface area contributed by atoms with Crippen LogP contribution >= 0.6 is 0 Å². The second-order valence-corrected chi connectivity index (χ2v) is 7.20. The third-order valence-corrected chi connectivity index (χ3v) is 5.39. The predicted molar refractivity (Wildman–Crippen MR) is 99.6 cm³/mol. The summed E-state index contributed by atoms with van der Waals surface area (Å²) in [4.78, 5) is 16.9. The molecule has 2 aliphatic rings. The van der Waals surface area contributed by atoms with Crippen molar-refractivity contribution in [3.63, 3.8) is 0 Å². The average molecular weight is 329 g/mol. The zero-order valence-corrected chi connectivity index (χ0v) is 15.2. The van der Waals surface area contributed by atoms with Crippen LogP contribution in [0.3, 0.4) is 0 Å². The second kappa shape index (κ2) is 8.13. The molecule has 0 aliphatic carbocycles. The van der Waals surface area contributed by atoms with Crippen LogP contribution in [0.4, 0.5) is 5.69 Å². The highest BCUT2D eigenvalue weighted by Gasteiger charge is 2.25. The fourth-order valence-electron chi connectivity index (χ4n) is 3.90. The van der Waals surface area contributed by atoms with Gasteiger partial charge in [0.1, 0.15) is 0 Å². The number of rotatable bonds is 6. The first kappa shape index (κ1) is 17.4. The minimum atomic E-state index is 0.289. The summed E-state index contributed by atoms with van der Waals surface area (Å²) in [6, 6.07) is 7.31. The molecule has 0 radical (unpaired) electrons. The van der Waals surface area contributed by atoms with Crippen molar-refractivity contribution in [2.75, 3.05) is 37.6 Å². The Morgan fingerprint density at radius 2 is 2.04 bits per heavy atom. The molecule has 4 nitrogen and oxygen atoms in total. The minimum Gasteiger partial charge on any atom is -0.314 e. The first-order valence-electron chi connectivity index (χ1n) is 9.56. The third-order valence-electron chi connectivity index (χ3n) is 5.39. The molecular formula is C20H31N3O. The van der Waals surface area contributed by atoms with E-state index in [-0.39, 0.29) is 5.91 Å². The van der Waals surface area contributed by atoms with Gasteiger partial charge < -0.3 is 10.2 Å². The maximum Gasteiger partial charge on any atom is 0.226 e. The van der Waals surface area contributed by atoms with Crippen LogP contribution in [0.1, 0.15) is 44.2 Å². The van der Waals surface area contributed by atoms with Crippen molar-refractivity contribution in [2.24, 2.45) is 0 Å². The van der Waals surface area contributed by atoms with Gasteiger partial charge in [-0.2, -0.15) is 0 Å². The lowest BCUT2D eigenvalue weighted by Gasteiger charge is -2.33. The highest BCUT2D eigenvalue weighted by molar-refractivity contribution is 5.95. The number of nitrogens with one attached hydrogen (secondary N) is 1. The molecule has 0 aromatic heterocycles. The fraction of sp³-hybridized carbons (Fsp3) is 0.650. The fourth-order valence-corrected chi connectivity index (χ4v) is 3.90. The van der Waals surface area contributed by atoms with E-state index in [0.29, 0.717) is 12.5 Å². The topological polar surface area (TPSA) is 35.6 Å². The van der Waals surface area contributed by atoms with Crippen molar-refractivity contribution in [1.29, 1.82) is 0 Å². The first-order chi connectivity index (χ1) is 11.7. The normalized spacial score (nSPS) is 19.3. The number of nitrogens with zero attached hydrogens (tertiary/aromatic N) is 2.